The number of benzene rings is 3. The lowest BCUT2D eigenvalue weighted by Gasteiger charge is -2.32. The molecule has 6 rings (SSSR count). The zero-order valence-electron chi connectivity index (χ0n) is 18.7. The standard InChI is InChI=1S/C27H24BNO3/c1-26(2)27(3,4)32-28(31-26)18-15-13-17(14-16-18)24-20-10-6-5-9-19(20)23-21-11-7-8-12-22(21)30-25(23)29-24/h5-16H,1-4H3. The first-order valence-electron chi connectivity index (χ1n) is 11.0. The predicted octanol–water partition coefficient (Wildman–Crippen LogP) is 6.10. The SMILES string of the molecule is CC1(C)OB(c2ccc(-c3nc4oc5ccccc5c4c4ccccc34)cc2)OC1(C)C. The molecule has 1 aliphatic heterocycles. The third-order valence-corrected chi connectivity index (χ3v) is 6.95. The van der Waals surface area contributed by atoms with E-state index in [1.54, 1.807) is 0 Å². The molecular formula is C27H24BNO3. The first kappa shape index (κ1) is 19.5. The number of furan rings is 1. The molecule has 3 heterocycles. The third kappa shape index (κ3) is 2.82. The van der Waals surface area contributed by atoms with Crippen molar-refractivity contribution in [2.75, 3.05) is 0 Å². The third-order valence-electron chi connectivity index (χ3n) is 6.95. The Morgan fingerprint density at radius 3 is 1.97 bits per heavy atom. The molecule has 0 amide bonds. The van der Waals surface area contributed by atoms with Crippen molar-refractivity contribution in [1.82, 2.24) is 4.98 Å². The van der Waals surface area contributed by atoms with Crippen LogP contribution < -0.4 is 5.46 Å². The molecule has 5 heteroatoms. The molecule has 32 heavy (non-hydrogen) atoms. The Kier molecular flexibility index (Phi) is 4.08. The van der Waals surface area contributed by atoms with Gasteiger partial charge in [0.25, 0.3) is 0 Å². The van der Waals surface area contributed by atoms with E-state index in [2.05, 4.69) is 82.3 Å². The van der Waals surface area contributed by atoms with Gasteiger partial charge in [0.2, 0.25) is 5.71 Å². The first-order valence-corrected chi connectivity index (χ1v) is 11.0. The monoisotopic (exact) mass is 421 g/mol. The number of nitrogens with zero attached hydrogens (tertiary/aromatic N) is 1. The quantitative estimate of drug-likeness (QED) is 0.323. The Morgan fingerprint density at radius 2 is 1.28 bits per heavy atom. The zero-order valence-corrected chi connectivity index (χ0v) is 18.7. The molecule has 0 bridgehead atoms. The van der Waals surface area contributed by atoms with Crippen molar-refractivity contribution < 1.29 is 13.7 Å². The summed E-state index contributed by atoms with van der Waals surface area (Å²) in [5.41, 5.74) is 3.74. The molecule has 1 aliphatic rings. The second-order valence-corrected chi connectivity index (χ2v) is 9.49. The van der Waals surface area contributed by atoms with E-state index in [1.807, 2.05) is 18.2 Å². The van der Waals surface area contributed by atoms with Crippen LogP contribution in [-0.2, 0) is 9.31 Å². The Bertz CT molecular complexity index is 1470. The molecule has 5 aromatic rings. The van der Waals surface area contributed by atoms with Gasteiger partial charge in [-0.2, -0.15) is 0 Å². The van der Waals surface area contributed by atoms with Crippen LogP contribution in [0.1, 0.15) is 27.7 Å². The summed E-state index contributed by atoms with van der Waals surface area (Å²) in [5.74, 6) is 0. The Morgan fingerprint density at radius 1 is 0.688 bits per heavy atom. The molecule has 1 saturated heterocycles. The molecule has 0 spiro atoms. The fourth-order valence-electron chi connectivity index (χ4n) is 4.44. The van der Waals surface area contributed by atoms with Gasteiger partial charge >= 0.3 is 7.12 Å². The number of hydrogen-bond acceptors (Lipinski definition) is 4. The molecule has 0 N–H and O–H groups in total. The minimum Gasteiger partial charge on any atom is -0.438 e. The fourth-order valence-corrected chi connectivity index (χ4v) is 4.44. The lowest BCUT2D eigenvalue weighted by atomic mass is 9.78. The summed E-state index contributed by atoms with van der Waals surface area (Å²) in [6.45, 7) is 8.28. The molecule has 0 saturated carbocycles. The second kappa shape index (κ2) is 6.68. The van der Waals surface area contributed by atoms with Crippen LogP contribution in [0.4, 0.5) is 0 Å². The van der Waals surface area contributed by atoms with Gasteiger partial charge in [-0.1, -0.05) is 66.7 Å². The summed E-state index contributed by atoms with van der Waals surface area (Å²) < 4.78 is 18.5. The highest BCUT2D eigenvalue weighted by Gasteiger charge is 2.51. The average Bonchev–Trinajstić information content (AvgIpc) is 3.26. The number of aromatic nitrogens is 1. The van der Waals surface area contributed by atoms with Gasteiger partial charge in [0.15, 0.2) is 0 Å². The van der Waals surface area contributed by atoms with Gasteiger partial charge in [0.05, 0.1) is 22.3 Å². The van der Waals surface area contributed by atoms with Crippen LogP contribution in [0, 0.1) is 0 Å². The van der Waals surface area contributed by atoms with E-state index < -0.39 is 0 Å². The summed E-state index contributed by atoms with van der Waals surface area (Å²) in [6, 6.07) is 24.8. The highest BCUT2D eigenvalue weighted by Crippen LogP contribution is 2.38. The minimum absolute atomic E-state index is 0.361. The van der Waals surface area contributed by atoms with Crippen LogP contribution in [-0.4, -0.2) is 23.3 Å². The zero-order chi connectivity index (χ0) is 22.1. The predicted molar refractivity (Wildman–Crippen MR) is 130 cm³/mol. The molecule has 4 nitrogen and oxygen atoms in total. The van der Waals surface area contributed by atoms with E-state index in [0.717, 1.165) is 43.8 Å². The van der Waals surface area contributed by atoms with E-state index in [9.17, 15) is 0 Å². The Hall–Kier alpha value is -3.15. The molecule has 0 atom stereocenters. The molecule has 3 aromatic carbocycles. The van der Waals surface area contributed by atoms with Gasteiger partial charge in [-0.15, -0.1) is 0 Å². The maximum absolute atomic E-state index is 6.20. The van der Waals surface area contributed by atoms with E-state index in [-0.39, 0.29) is 18.3 Å². The van der Waals surface area contributed by atoms with Crippen molar-refractivity contribution in [3.63, 3.8) is 0 Å². The van der Waals surface area contributed by atoms with Gasteiger partial charge < -0.3 is 13.7 Å². The van der Waals surface area contributed by atoms with Crippen molar-refractivity contribution in [2.24, 2.45) is 0 Å². The number of fused-ring (bicyclic) bond motifs is 5. The van der Waals surface area contributed by atoms with Crippen molar-refractivity contribution in [3.8, 4) is 11.3 Å². The van der Waals surface area contributed by atoms with Crippen LogP contribution in [0.2, 0.25) is 0 Å². The lowest BCUT2D eigenvalue weighted by molar-refractivity contribution is 0.00578. The summed E-state index contributed by atoms with van der Waals surface area (Å²) in [6.07, 6.45) is 0. The van der Waals surface area contributed by atoms with Crippen LogP contribution >= 0.6 is 0 Å². The first-order chi connectivity index (χ1) is 15.3. The topological polar surface area (TPSA) is 44.5 Å². The summed E-state index contributed by atoms with van der Waals surface area (Å²) >= 11 is 0. The maximum atomic E-state index is 6.20. The molecular weight excluding hydrogens is 397 g/mol. The van der Waals surface area contributed by atoms with Crippen LogP contribution in [0.5, 0.6) is 0 Å². The van der Waals surface area contributed by atoms with Gasteiger partial charge in [-0.3, -0.25) is 0 Å². The molecule has 158 valence electrons. The number of para-hydroxylation sites is 1. The van der Waals surface area contributed by atoms with E-state index in [1.165, 1.54) is 0 Å². The van der Waals surface area contributed by atoms with Gasteiger partial charge in [0.1, 0.15) is 5.58 Å². The van der Waals surface area contributed by atoms with Crippen LogP contribution in [0.25, 0.3) is 44.1 Å². The maximum Gasteiger partial charge on any atom is 0.494 e. The lowest BCUT2D eigenvalue weighted by Crippen LogP contribution is -2.41. The summed E-state index contributed by atoms with van der Waals surface area (Å²) in [7, 11) is -0.378. The van der Waals surface area contributed by atoms with Crippen molar-refractivity contribution in [1.29, 1.82) is 0 Å². The molecule has 2 aromatic heterocycles. The number of hydrogen-bond donors (Lipinski definition) is 0. The van der Waals surface area contributed by atoms with Gasteiger partial charge in [-0.25, -0.2) is 4.98 Å². The molecule has 1 fully saturated rings. The van der Waals surface area contributed by atoms with E-state index >= 15 is 0 Å². The molecule has 0 unspecified atom stereocenters. The second-order valence-electron chi connectivity index (χ2n) is 9.49. The van der Waals surface area contributed by atoms with E-state index in [0.29, 0.717) is 5.71 Å². The summed E-state index contributed by atoms with van der Waals surface area (Å²) in [4.78, 5) is 4.96. The van der Waals surface area contributed by atoms with Crippen molar-refractivity contribution in [3.05, 3.63) is 72.8 Å². The average molecular weight is 421 g/mol. The Labute approximate surface area is 187 Å². The minimum atomic E-state index is -0.378. The fraction of sp³-hybridized carbons (Fsp3) is 0.222. The van der Waals surface area contributed by atoms with Gasteiger partial charge in [0, 0.05) is 16.3 Å². The van der Waals surface area contributed by atoms with Crippen LogP contribution in [0.3, 0.4) is 0 Å². The highest BCUT2D eigenvalue weighted by atomic mass is 16.7. The smallest absolute Gasteiger partial charge is 0.438 e. The van der Waals surface area contributed by atoms with Crippen molar-refractivity contribution in [2.45, 2.75) is 38.9 Å². The molecule has 0 aliphatic carbocycles. The molecule has 0 radical (unpaired) electrons. The van der Waals surface area contributed by atoms with Gasteiger partial charge in [-0.05, 0) is 44.6 Å². The Balaban J connectivity index is 1.48. The van der Waals surface area contributed by atoms with Crippen LogP contribution in [0.15, 0.2) is 77.2 Å². The normalized spacial score (nSPS) is 17.6. The number of pyridine rings is 1. The highest BCUT2D eigenvalue weighted by molar-refractivity contribution is 6.62. The summed E-state index contributed by atoms with van der Waals surface area (Å²) in [5, 5.41) is 4.41. The van der Waals surface area contributed by atoms with E-state index in [4.69, 9.17) is 18.7 Å². The number of rotatable bonds is 2. The largest absolute Gasteiger partial charge is 0.494 e. The van der Waals surface area contributed by atoms with Crippen molar-refractivity contribution >= 4 is 45.4 Å².